The number of aryl methyl sites for hydroxylation is 1. The topological polar surface area (TPSA) is 42.3 Å². The van der Waals surface area contributed by atoms with Crippen LogP contribution in [0, 0.1) is 6.92 Å². The summed E-state index contributed by atoms with van der Waals surface area (Å²) in [6.45, 7) is 3.88. The molecule has 0 saturated heterocycles. The van der Waals surface area contributed by atoms with Gasteiger partial charge in [0.25, 0.3) is 0 Å². The van der Waals surface area contributed by atoms with Crippen molar-refractivity contribution in [3.8, 4) is 0 Å². The van der Waals surface area contributed by atoms with Gasteiger partial charge in [-0.2, -0.15) is 0 Å². The van der Waals surface area contributed by atoms with Crippen LogP contribution in [-0.4, -0.2) is 22.5 Å². The Kier molecular flexibility index (Phi) is 3.08. The lowest BCUT2D eigenvalue weighted by molar-refractivity contribution is 0.673. The molecular weight excluding hydrogens is 204 g/mol. The van der Waals surface area contributed by atoms with E-state index in [9.17, 15) is 4.21 Å². The van der Waals surface area contributed by atoms with E-state index in [0.717, 1.165) is 9.88 Å². The lowest BCUT2D eigenvalue weighted by atomic mass is 10.4. The van der Waals surface area contributed by atoms with Crippen LogP contribution < -0.4 is 0 Å². The average molecular weight is 218 g/mol. The van der Waals surface area contributed by atoms with Crippen LogP contribution in [0.1, 0.15) is 22.1 Å². The number of aromatic nitrogens is 1. The third-order valence-corrected chi connectivity index (χ3v) is 5.59. The number of thiazole rings is 1. The molecule has 0 N–H and O–H groups in total. The summed E-state index contributed by atoms with van der Waals surface area (Å²) in [4.78, 5) is 5.19. The van der Waals surface area contributed by atoms with E-state index in [1.165, 1.54) is 0 Å². The molecule has 5 heteroatoms. The van der Waals surface area contributed by atoms with Crippen LogP contribution in [0.2, 0.25) is 0 Å². The van der Waals surface area contributed by atoms with Crippen LogP contribution in [-0.2, 0) is 9.73 Å². The summed E-state index contributed by atoms with van der Waals surface area (Å²) >= 11 is 1.59. The second-order valence-electron chi connectivity index (χ2n) is 2.97. The molecule has 0 aliphatic heterocycles. The standard InChI is InChI=1S/C8H14N2OS2/c1-6(13(4,11)9-3)8-5-10-7(2)12-8/h5-6H,1-4H3. The van der Waals surface area contributed by atoms with Gasteiger partial charge in [0.2, 0.25) is 0 Å². The van der Waals surface area contributed by atoms with Gasteiger partial charge in [0.1, 0.15) is 0 Å². The fourth-order valence-electron chi connectivity index (χ4n) is 0.939. The SMILES string of the molecule is CN=S(C)(=O)C(C)c1cnc(C)s1. The van der Waals surface area contributed by atoms with Crippen LogP contribution in [0.4, 0.5) is 0 Å². The molecule has 0 saturated carbocycles. The minimum Gasteiger partial charge on any atom is -0.250 e. The molecule has 2 unspecified atom stereocenters. The van der Waals surface area contributed by atoms with E-state index in [2.05, 4.69) is 9.35 Å². The van der Waals surface area contributed by atoms with Crippen molar-refractivity contribution in [2.24, 2.45) is 4.36 Å². The Morgan fingerprint density at radius 3 is 2.69 bits per heavy atom. The van der Waals surface area contributed by atoms with Gasteiger partial charge in [0, 0.05) is 24.4 Å². The summed E-state index contributed by atoms with van der Waals surface area (Å²) in [7, 11) is -0.489. The van der Waals surface area contributed by atoms with Crippen molar-refractivity contribution in [1.29, 1.82) is 0 Å². The first-order valence-corrected chi connectivity index (χ1v) is 6.79. The Balaban J connectivity index is 3.06. The quantitative estimate of drug-likeness (QED) is 0.764. The highest BCUT2D eigenvalue weighted by molar-refractivity contribution is 7.93. The van der Waals surface area contributed by atoms with Gasteiger partial charge in [-0.1, -0.05) is 0 Å². The van der Waals surface area contributed by atoms with E-state index in [1.54, 1.807) is 30.8 Å². The summed E-state index contributed by atoms with van der Waals surface area (Å²) in [5.74, 6) is 0. The van der Waals surface area contributed by atoms with Gasteiger partial charge in [-0.15, -0.1) is 11.3 Å². The minimum absolute atomic E-state index is 0.0244. The first kappa shape index (κ1) is 10.7. The smallest absolute Gasteiger partial charge is 0.0897 e. The molecule has 0 fully saturated rings. The molecule has 3 nitrogen and oxygen atoms in total. The van der Waals surface area contributed by atoms with E-state index in [1.807, 2.05) is 13.8 Å². The normalized spacial score (nSPS) is 17.8. The molecule has 0 bridgehead atoms. The van der Waals surface area contributed by atoms with Crippen molar-refractivity contribution >= 4 is 21.1 Å². The number of hydrogen-bond donors (Lipinski definition) is 0. The van der Waals surface area contributed by atoms with Gasteiger partial charge in [-0.3, -0.25) is 0 Å². The third-order valence-electron chi connectivity index (χ3n) is 2.06. The predicted octanol–water partition coefficient (Wildman–Crippen LogP) is 2.24. The van der Waals surface area contributed by atoms with Crippen molar-refractivity contribution in [2.45, 2.75) is 19.1 Å². The highest BCUT2D eigenvalue weighted by atomic mass is 32.2. The van der Waals surface area contributed by atoms with Gasteiger partial charge in [0.15, 0.2) is 0 Å². The Labute approximate surface area is 83.4 Å². The zero-order valence-electron chi connectivity index (χ0n) is 8.27. The second-order valence-corrected chi connectivity index (χ2v) is 7.03. The van der Waals surface area contributed by atoms with Gasteiger partial charge in [-0.25, -0.2) is 13.6 Å². The van der Waals surface area contributed by atoms with Crippen LogP contribution in [0.3, 0.4) is 0 Å². The van der Waals surface area contributed by atoms with Crippen molar-refractivity contribution < 1.29 is 4.21 Å². The number of nitrogens with zero attached hydrogens (tertiary/aromatic N) is 2. The summed E-state index contributed by atoms with van der Waals surface area (Å²) in [6.07, 6.45) is 3.48. The molecule has 1 aromatic heterocycles. The van der Waals surface area contributed by atoms with Crippen molar-refractivity contribution in [3.05, 3.63) is 16.1 Å². The first-order valence-electron chi connectivity index (χ1n) is 3.99. The lowest BCUT2D eigenvalue weighted by Crippen LogP contribution is -2.05. The maximum Gasteiger partial charge on any atom is 0.0897 e. The average Bonchev–Trinajstić information content (AvgIpc) is 2.50. The molecule has 0 aromatic carbocycles. The second kappa shape index (κ2) is 3.75. The first-order chi connectivity index (χ1) is 5.97. The molecule has 74 valence electrons. The Morgan fingerprint density at radius 1 is 1.69 bits per heavy atom. The third kappa shape index (κ3) is 2.28. The largest absolute Gasteiger partial charge is 0.250 e. The number of hydrogen-bond acceptors (Lipinski definition) is 4. The van der Waals surface area contributed by atoms with E-state index < -0.39 is 9.73 Å². The summed E-state index contributed by atoms with van der Waals surface area (Å²) in [5.41, 5.74) is 0. The van der Waals surface area contributed by atoms with Crippen molar-refractivity contribution in [2.75, 3.05) is 13.3 Å². The minimum atomic E-state index is -2.09. The maximum atomic E-state index is 11.9. The van der Waals surface area contributed by atoms with E-state index in [4.69, 9.17) is 0 Å². The maximum absolute atomic E-state index is 11.9. The fourth-order valence-corrected chi connectivity index (χ4v) is 3.15. The van der Waals surface area contributed by atoms with Crippen LogP contribution in [0.5, 0.6) is 0 Å². The van der Waals surface area contributed by atoms with Crippen LogP contribution in [0.25, 0.3) is 0 Å². The molecule has 0 radical (unpaired) electrons. The Bertz CT molecular complexity index is 402. The Hall–Kier alpha value is -0.420. The molecule has 0 amide bonds. The molecule has 1 heterocycles. The molecule has 0 aliphatic carbocycles. The van der Waals surface area contributed by atoms with Crippen LogP contribution in [0.15, 0.2) is 10.6 Å². The van der Waals surface area contributed by atoms with Crippen molar-refractivity contribution in [1.82, 2.24) is 4.98 Å². The molecule has 0 aliphatic rings. The van der Waals surface area contributed by atoms with Gasteiger partial charge >= 0.3 is 0 Å². The van der Waals surface area contributed by atoms with Crippen molar-refractivity contribution in [3.63, 3.8) is 0 Å². The summed E-state index contributed by atoms with van der Waals surface area (Å²) < 4.78 is 15.8. The molecule has 1 aromatic rings. The molecule has 0 spiro atoms. The van der Waals surface area contributed by atoms with Gasteiger partial charge in [0.05, 0.1) is 20.0 Å². The van der Waals surface area contributed by atoms with E-state index >= 15 is 0 Å². The number of rotatable bonds is 2. The Morgan fingerprint density at radius 2 is 2.31 bits per heavy atom. The zero-order valence-corrected chi connectivity index (χ0v) is 9.91. The summed E-state index contributed by atoms with van der Waals surface area (Å²) in [6, 6.07) is 0. The zero-order chi connectivity index (χ0) is 10.1. The highest BCUT2D eigenvalue weighted by Crippen LogP contribution is 2.27. The van der Waals surface area contributed by atoms with Gasteiger partial charge in [-0.05, 0) is 13.8 Å². The fraction of sp³-hybridized carbons (Fsp3) is 0.625. The van der Waals surface area contributed by atoms with Gasteiger partial charge < -0.3 is 0 Å². The van der Waals surface area contributed by atoms with Crippen LogP contribution >= 0.6 is 11.3 Å². The highest BCUT2D eigenvalue weighted by Gasteiger charge is 2.16. The molecule has 1 rings (SSSR count). The monoisotopic (exact) mass is 218 g/mol. The summed E-state index contributed by atoms with van der Waals surface area (Å²) in [5, 5.41) is 0.983. The lowest BCUT2D eigenvalue weighted by Gasteiger charge is -2.09. The molecular formula is C8H14N2OS2. The van der Waals surface area contributed by atoms with E-state index in [0.29, 0.717) is 0 Å². The van der Waals surface area contributed by atoms with E-state index in [-0.39, 0.29) is 5.25 Å². The molecule has 2 atom stereocenters. The molecule has 13 heavy (non-hydrogen) atoms. The predicted molar refractivity (Wildman–Crippen MR) is 57.7 cm³/mol.